The van der Waals surface area contributed by atoms with E-state index in [-0.39, 0.29) is 5.92 Å². The molecular weight excluding hydrogens is 340 g/mol. The molecule has 0 N–H and O–H groups in total. The van der Waals surface area contributed by atoms with Gasteiger partial charge >= 0.3 is 5.97 Å². The predicted molar refractivity (Wildman–Crippen MR) is 102 cm³/mol. The summed E-state index contributed by atoms with van der Waals surface area (Å²) < 4.78 is 7.16. The van der Waals surface area contributed by atoms with Crippen molar-refractivity contribution in [2.45, 2.75) is 40.0 Å². The maximum absolute atomic E-state index is 12.4. The molecule has 3 heterocycles. The zero-order chi connectivity index (χ0) is 19.1. The van der Waals surface area contributed by atoms with Crippen molar-refractivity contribution in [1.29, 1.82) is 0 Å². The van der Waals surface area contributed by atoms with Crippen molar-refractivity contribution in [2.24, 2.45) is 0 Å². The minimum Gasteiger partial charge on any atom is -0.461 e. The van der Waals surface area contributed by atoms with Crippen LogP contribution in [0.25, 0.3) is 16.9 Å². The fourth-order valence-corrected chi connectivity index (χ4v) is 3.41. The first-order valence-corrected chi connectivity index (χ1v) is 9.20. The van der Waals surface area contributed by atoms with Crippen molar-refractivity contribution >= 4 is 5.97 Å². The zero-order valence-electron chi connectivity index (χ0n) is 16.0. The van der Waals surface area contributed by atoms with Gasteiger partial charge < -0.3 is 9.30 Å². The van der Waals surface area contributed by atoms with Gasteiger partial charge in [0, 0.05) is 29.7 Å². The Balaban J connectivity index is 1.98. The Morgan fingerprint density at radius 1 is 1.30 bits per heavy atom. The fourth-order valence-electron chi connectivity index (χ4n) is 3.41. The van der Waals surface area contributed by atoms with Gasteiger partial charge in [0.2, 0.25) is 0 Å². The van der Waals surface area contributed by atoms with Crippen molar-refractivity contribution in [3.05, 3.63) is 59.1 Å². The van der Waals surface area contributed by atoms with Crippen molar-refractivity contribution in [3.8, 4) is 16.9 Å². The summed E-state index contributed by atoms with van der Waals surface area (Å²) in [4.78, 5) is 26.1. The van der Waals surface area contributed by atoms with E-state index < -0.39 is 5.97 Å². The van der Waals surface area contributed by atoms with Gasteiger partial charge in [-0.05, 0) is 26.0 Å². The average molecular weight is 362 g/mol. The van der Waals surface area contributed by atoms with E-state index in [1.54, 1.807) is 13.3 Å². The highest BCUT2D eigenvalue weighted by molar-refractivity contribution is 5.89. The highest BCUT2D eigenvalue weighted by Crippen LogP contribution is 2.36. The van der Waals surface area contributed by atoms with Crippen molar-refractivity contribution < 1.29 is 9.53 Å². The molecule has 0 radical (unpaired) electrons. The molecule has 0 aliphatic carbocycles. The Hall–Kier alpha value is -3.02. The van der Waals surface area contributed by atoms with Gasteiger partial charge in [0.15, 0.2) is 5.69 Å². The number of rotatable bonds is 3. The van der Waals surface area contributed by atoms with Gasteiger partial charge in [0.25, 0.3) is 0 Å². The Labute approximate surface area is 158 Å². The molecule has 0 saturated carbocycles. The molecular formula is C21H22N4O2. The fraction of sp³-hybridized carbons (Fsp3) is 0.333. The molecule has 6 heteroatoms. The molecule has 0 spiro atoms. The van der Waals surface area contributed by atoms with E-state index in [1.165, 1.54) is 0 Å². The van der Waals surface area contributed by atoms with Crippen LogP contribution >= 0.6 is 0 Å². The molecule has 4 rings (SSSR count). The van der Waals surface area contributed by atoms with Crippen LogP contribution in [0.3, 0.4) is 0 Å². The first kappa shape index (κ1) is 17.4. The van der Waals surface area contributed by atoms with E-state index in [2.05, 4.69) is 48.9 Å². The summed E-state index contributed by atoms with van der Waals surface area (Å²) in [7, 11) is 0. The van der Waals surface area contributed by atoms with Crippen LogP contribution in [-0.2, 0) is 11.2 Å². The third-order valence-corrected chi connectivity index (χ3v) is 4.76. The first-order valence-electron chi connectivity index (χ1n) is 9.20. The number of aromatic nitrogens is 4. The maximum Gasteiger partial charge on any atom is 0.358 e. The predicted octanol–water partition coefficient (Wildman–Crippen LogP) is 3.84. The SMILES string of the molecule is CCOC(=O)c1ncn2c1Cc1cnc(C(C)C)nc1-c1cc(C)ccc1-2. The number of esters is 1. The molecule has 0 saturated heterocycles. The molecule has 138 valence electrons. The normalized spacial score (nSPS) is 12.2. The number of benzene rings is 1. The summed E-state index contributed by atoms with van der Waals surface area (Å²) in [6.45, 7) is 8.34. The van der Waals surface area contributed by atoms with E-state index >= 15 is 0 Å². The lowest BCUT2D eigenvalue weighted by Gasteiger charge is -2.12. The molecule has 6 nitrogen and oxygen atoms in total. The molecule has 0 atom stereocenters. The number of carbonyl (C=O) groups is 1. The Morgan fingerprint density at radius 3 is 2.85 bits per heavy atom. The van der Waals surface area contributed by atoms with Gasteiger partial charge in [-0.2, -0.15) is 0 Å². The number of fused-ring (bicyclic) bond motifs is 5. The lowest BCUT2D eigenvalue weighted by molar-refractivity contribution is 0.0519. The summed E-state index contributed by atoms with van der Waals surface area (Å²) in [6, 6.07) is 6.24. The largest absolute Gasteiger partial charge is 0.461 e. The van der Waals surface area contributed by atoms with Gasteiger partial charge in [-0.1, -0.05) is 25.5 Å². The first-order chi connectivity index (χ1) is 13.0. The summed E-state index contributed by atoms with van der Waals surface area (Å²) in [5.41, 5.74) is 6.20. The van der Waals surface area contributed by atoms with E-state index in [4.69, 9.17) is 9.72 Å². The summed E-state index contributed by atoms with van der Waals surface area (Å²) >= 11 is 0. The van der Waals surface area contributed by atoms with Crippen LogP contribution in [-0.4, -0.2) is 32.1 Å². The van der Waals surface area contributed by atoms with Crippen molar-refractivity contribution in [3.63, 3.8) is 0 Å². The number of nitrogens with zero attached hydrogens (tertiary/aromatic N) is 4. The van der Waals surface area contributed by atoms with Gasteiger partial charge in [-0.15, -0.1) is 0 Å². The lowest BCUT2D eigenvalue weighted by atomic mass is 10.0. The van der Waals surface area contributed by atoms with E-state index in [1.807, 2.05) is 10.8 Å². The summed E-state index contributed by atoms with van der Waals surface area (Å²) in [5, 5.41) is 0. The average Bonchev–Trinajstić information content (AvgIpc) is 3.00. The van der Waals surface area contributed by atoms with Gasteiger partial charge in [0.1, 0.15) is 12.2 Å². The second-order valence-electron chi connectivity index (χ2n) is 7.08. The molecule has 0 fully saturated rings. The van der Waals surface area contributed by atoms with Crippen LogP contribution in [0.15, 0.2) is 30.7 Å². The third kappa shape index (κ3) is 2.91. The smallest absolute Gasteiger partial charge is 0.358 e. The molecule has 27 heavy (non-hydrogen) atoms. The number of hydrogen-bond donors (Lipinski definition) is 0. The second kappa shape index (κ2) is 6.61. The Morgan fingerprint density at radius 2 is 2.11 bits per heavy atom. The highest BCUT2D eigenvalue weighted by atomic mass is 16.5. The minimum atomic E-state index is -0.400. The highest BCUT2D eigenvalue weighted by Gasteiger charge is 2.27. The minimum absolute atomic E-state index is 0.238. The topological polar surface area (TPSA) is 69.9 Å². The summed E-state index contributed by atoms with van der Waals surface area (Å²) in [5.74, 6) is 0.655. The van der Waals surface area contributed by atoms with Crippen LogP contribution in [0, 0.1) is 6.92 Å². The van der Waals surface area contributed by atoms with Crippen LogP contribution in [0.4, 0.5) is 0 Å². The Kier molecular flexibility index (Phi) is 4.26. The van der Waals surface area contributed by atoms with Gasteiger partial charge in [-0.25, -0.2) is 19.7 Å². The van der Waals surface area contributed by atoms with Gasteiger partial charge in [0.05, 0.1) is 23.7 Å². The number of aryl methyl sites for hydroxylation is 1. The van der Waals surface area contributed by atoms with Crippen molar-refractivity contribution in [1.82, 2.24) is 19.5 Å². The molecule has 1 aliphatic heterocycles. The quantitative estimate of drug-likeness (QED) is 0.518. The van der Waals surface area contributed by atoms with Crippen LogP contribution in [0.5, 0.6) is 0 Å². The maximum atomic E-state index is 12.4. The van der Waals surface area contributed by atoms with E-state index in [9.17, 15) is 4.79 Å². The van der Waals surface area contributed by atoms with E-state index in [0.717, 1.165) is 39.6 Å². The molecule has 2 aromatic heterocycles. The monoisotopic (exact) mass is 362 g/mol. The second-order valence-corrected chi connectivity index (χ2v) is 7.08. The molecule has 3 aromatic rings. The van der Waals surface area contributed by atoms with Crippen molar-refractivity contribution in [2.75, 3.05) is 6.61 Å². The summed E-state index contributed by atoms with van der Waals surface area (Å²) in [6.07, 6.45) is 4.09. The van der Waals surface area contributed by atoms with Crippen LogP contribution < -0.4 is 0 Å². The third-order valence-electron chi connectivity index (χ3n) is 4.76. The molecule has 0 bridgehead atoms. The van der Waals surface area contributed by atoms with Gasteiger partial charge in [-0.3, -0.25) is 0 Å². The Bertz CT molecular complexity index is 1040. The number of ether oxygens (including phenoxy) is 1. The molecule has 1 aliphatic rings. The zero-order valence-corrected chi connectivity index (χ0v) is 16.0. The van der Waals surface area contributed by atoms with Crippen LogP contribution in [0.2, 0.25) is 0 Å². The van der Waals surface area contributed by atoms with Crippen LogP contribution in [0.1, 0.15) is 59.8 Å². The standard InChI is InChI=1S/C21H22N4O2/c1-5-27-21(26)19-17-9-14-10-22-20(12(2)3)24-18(14)15-8-13(4)6-7-16(15)25(17)11-23-19/h6-8,10-12H,5,9H2,1-4H3. The molecule has 0 unspecified atom stereocenters. The number of imidazole rings is 1. The number of carbonyl (C=O) groups excluding carboxylic acids is 1. The molecule has 0 amide bonds. The lowest BCUT2D eigenvalue weighted by Crippen LogP contribution is -2.10. The number of hydrogen-bond acceptors (Lipinski definition) is 5. The van der Waals surface area contributed by atoms with E-state index in [0.29, 0.717) is 18.7 Å². The molecule has 1 aromatic carbocycles.